The Labute approximate surface area is 121 Å². The van der Waals surface area contributed by atoms with Gasteiger partial charge in [0.1, 0.15) is 12.1 Å². The zero-order valence-corrected chi connectivity index (χ0v) is 12.5. The van der Waals surface area contributed by atoms with Gasteiger partial charge in [-0.05, 0) is 34.6 Å². The average Bonchev–Trinajstić information content (AvgIpc) is 2.45. The molecule has 6 nitrogen and oxygen atoms in total. The van der Waals surface area contributed by atoms with E-state index in [2.05, 4.69) is 14.9 Å². The molecule has 1 rings (SSSR count). The van der Waals surface area contributed by atoms with Crippen LogP contribution in [0.25, 0.3) is 0 Å². The summed E-state index contributed by atoms with van der Waals surface area (Å²) in [6.45, 7) is 8.18. The number of nitrogens with zero attached hydrogens (tertiary/aromatic N) is 3. The number of hydrogen-bond donors (Lipinski definition) is 1. The summed E-state index contributed by atoms with van der Waals surface area (Å²) in [6.07, 6.45) is -3.58. The van der Waals surface area contributed by atoms with E-state index in [4.69, 9.17) is 15.0 Å². The maximum absolute atomic E-state index is 12.2. The summed E-state index contributed by atoms with van der Waals surface area (Å²) in [5, 5.41) is 0. The molecule has 0 atom stereocenters. The summed E-state index contributed by atoms with van der Waals surface area (Å²) in [4.78, 5) is 10.4. The first-order valence-electron chi connectivity index (χ1n) is 6.18. The van der Waals surface area contributed by atoms with Crippen LogP contribution in [0.2, 0.25) is 0 Å². The summed E-state index contributed by atoms with van der Waals surface area (Å²) in [7, 11) is -0.890. The fraction of sp³-hybridized carbons (Fsp3) is 0.727. The summed E-state index contributed by atoms with van der Waals surface area (Å²) in [5.74, 6) is -0.551. The van der Waals surface area contributed by atoms with Gasteiger partial charge in [-0.3, -0.25) is 4.90 Å². The molecule has 0 radical (unpaired) electrons. The van der Waals surface area contributed by atoms with Crippen molar-refractivity contribution in [2.75, 3.05) is 0 Å². The van der Waals surface area contributed by atoms with Crippen LogP contribution < -0.4 is 5.73 Å². The zero-order chi connectivity index (χ0) is 16.5. The fourth-order valence-corrected chi connectivity index (χ4v) is 1.28. The third-order valence-corrected chi connectivity index (χ3v) is 3.31. The van der Waals surface area contributed by atoms with Crippen molar-refractivity contribution in [2.45, 2.75) is 52.0 Å². The Morgan fingerprint density at radius 3 is 2.05 bits per heavy atom. The predicted octanol–water partition coefficient (Wildman–Crippen LogP) is 1.94. The Hall–Kier alpha value is -1.42. The summed E-state index contributed by atoms with van der Waals surface area (Å²) < 4.78 is 47.8. The van der Waals surface area contributed by atoms with Gasteiger partial charge >= 0.3 is 13.4 Å². The van der Waals surface area contributed by atoms with Gasteiger partial charge in [0.2, 0.25) is 5.96 Å². The molecule has 1 saturated heterocycles. The first kappa shape index (κ1) is 17.6. The molecule has 0 aromatic rings. The molecule has 2 N–H and O–H groups in total. The molecule has 0 aliphatic carbocycles. The molecule has 118 valence electrons. The van der Waals surface area contributed by atoms with Crippen molar-refractivity contribution < 1.29 is 22.5 Å². The molecule has 1 fully saturated rings. The Morgan fingerprint density at radius 1 is 1.14 bits per heavy atom. The minimum Gasteiger partial charge on any atom is -0.383 e. The minimum absolute atomic E-state index is 0.551. The van der Waals surface area contributed by atoms with Gasteiger partial charge in [0, 0.05) is 0 Å². The second-order valence-electron chi connectivity index (χ2n) is 5.51. The Kier molecular flexibility index (Phi) is 4.84. The lowest BCUT2D eigenvalue weighted by molar-refractivity contribution is -0.0590. The molecule has 0 unspecified atom stereocenters. The molecule has 0 spiro atoms. The molecule has 1 aliphatic heterocycles. The number of aliphatic imine (C=N–C) groups is 2. The molecule has 10 heteroatoms. The van der Waals surface area contributed by atoms with Gasteiger partial charge in [-0.1, -0.05) is 0 Å². The topological polar surface area (TPSA) is 81.6 Å². The van der Waals surface area contributed by atoms with Crippen LogP contribution in [0, 0.1) is 0 Å². The number of alkyl halides is 3. The Morgan fingerprint density at radius 2 is 1.62 bits per heavy atom. The molecule has 0 bridgehead atoms. The molecule has 0 aromatic carbocycles. The zero-order valence-electron chi connectivity index (χ0n) is 12.5. The maximum Gasteiger partial charge on any atom is 0.614 e. The van der Waals surface area contributed by atoms with Crippen LogP contribution in [0.5, 0.6) is 0 Å². The monoisotopic (exact) mass is 306 g/mol. The van der Waals surface area contributed by atoms with Crippen LogP contribution in [0.15, 0.2) is 14.9 Å². The lowest BCUT2D eigenvalue weighted by Gasteiger charge is -2.32. The lowest BCUT2D eigenvalue weighted by atomic mass is 9.90. The predicted molar refractivity (Wildman–Crippen MR) is 75.4 cm³/mol. The lowest BCUT2D eigenvalue weighted by Crippen LogP contribution is -2.41. The van der Waals surface area contributed by atoms with Crippen LogP contribution in [-0.4, -0.2) is 42.6 Å². The van der Waals surface area contributed by atoms with Crippen LogP contribution in [0.1, 0.15) is 34.6 Å². The quantitative estimate of drug-likeness (QED) is 0.481. The van der Waals surface area contributed by atoms with Gasteiger partial charge in [0.15, 0.2) is 0 Å². The van der Waals surface area contributed by atoms with Crippen LogP contribution in [-0.2, 0) is 9.31 Å². The van der Waals surface area contributed by atoms with E-state index in [1.807, 2.05) is 27.7 Å². The van der Waals surface area contributed by atoms with Crippen LogP contribution >= 0.6 is 0 Å². The average molecular weight is 306 g/mol. The van der Waals surface area contributed by atoms with Crippen LogP contribution in [0.4, 0.5) is 13.2 Å². The van der Waals surface area contributed by atoms with Gasteiger partial charge in [0.25, 0.3) is 0 Å². The van der Waals surface area contributed by atoms with Gasteiger partial charge in [-0.2, -0.15) is 13.2 Å². The first-order valence-corrected chi connectivity index (χ1v) is 6.18. The molecular formula is C11H18BF3N4O2. The first-order chi connectivity index (χ1) is 9.35. The molecule has 1 aliphatic rings. The van der Waals surface area contributed by atoms with Crippen molar-refractivity contribution >= 4 is 25.3 Å². The van der Waals surface area contributed by atoms with Crippen molar-refractivity contribution in [3.63, 3.8) is 0 Å². The maximum atomic E-state index is 12.2. The number of halogens is 3. The highest BCUT2D eigenvalue weighted by Crippen LogP contribution is 2.36. The normalized spacial score (nSPS) is 23.1. The minimum atomic E-state index is -4.54. The SMILES string of the molecule is CC(=NC(N)=NC=NB1OC(C)(C)C(C)(C)O1)C(F)(F)F. The smallest absolute Gasteiger partial charge is 0.383 e. The number of guanidine groups is 1. The van der Waals surface area contributed by atoms with E-state index in [1.54, 1.807) is 0 Å². The highest BCUT2D eigenvalue weighted by Gasteiger charge is 2.51. The molecule has 0 aromatic heterocycles. The van der Waals surface area contributed by atoms with Crippen molar-refractivity contribution in [2.24, 2.45) is 20.6 Å². The Balaban J connectivity index is 2.70. The summed E-state index contributed by atoms with van der Waals surface area (Å²) >= 11 is 0. The molecule has 0 amide bonds. The summed E-state index contributed by atoms with van der Waals surface area (Å²) in [6, 6.07) is 0. The van der Waals surface area contributed by atoms with E-state index < -0.39 is 36.3 Å². The van der Waals surface area contributed by atoms with E-state index in [0.717, 1.165) is 13.3 Å². The second kappa shape index (κ2) is 5.76. The third kappa shape index (κ3) is 4.53. The van der Waals surface area contributed by atoms with Crippen molar-refractivity contribution in [1.82, 2.24) is 0 Å². The van der Waals surface area contributed by atoms with Gasteiger partial charge in [-0.15, -0.1) is 0 Å². The highest BCUT2D eigenvalue weighted by molar-refractivity contribution is 6.44. The van der Waals surface area contributed by atoms with Crippen molar-refractivity contribution in [3.8, 4) is 0 Å². The fourth-order valence-electron chi connectivity index (χ4n) is 1.28. The van der Waals surface area contributed by atoms with Gasteiger partial charge in [0.05, 0.1) is 11.2 Å². The standard InChI is InChI=1S/C11H18BF3N4O2/c1-7(11(13,14)15)19-8(16)17-6-18-12-20-9(2,3)10(4,5)21-12/h6H,1-5H3,(H2,16,17,18). The Bertz CT molecular complexity index is 470. The van der Waals surface area contributed by atoms with Gasteiger partial charge < -0.3 is 15.0 Å². The van der Waals surface area contributed by atoms with E-state index in [0.29, 0.717) is 0 Å². The third-order valence-electron chi connectivity index (χ3n) is 3.31. The summed E-state index contributed by atoms with van der Waals surface area (Å²) in [5.41, 5.74) is 3.04. The van der Waals surface area contributed by atoms with E-state index in [-0.39, 0.29) is 0 Å². The number of rotatable bonds is 2. The largest absolute Gasteiger partial charge is 0.614 e. The van der Waals surface area contributed by atoms with Crippen molar-refractivity contribution in [1.29, 1.82) is 0 Å². The molecule has 0 saturated carbocycles. The van der Waals surface area contributed by atoms with Crippen molar-refractivity contribution in [3.05, 3.63) is 0 Å². The van der Waals surface area contributed by atoms with E-state index in [9.17, 15) is 13.2 Å². The van der Waals surface area contributed by atoms with E-state index in [1.165, 1.54) is 0 Å². The second-order valence-corrected chi connectivity index (χ2v) is 5.51. The molecule has 21 heavy (non-hydrogen) atoms. The number of hydrogen-bond acceptors (Lipinski definition) is 3. The number of nitrogens with two attached hydrogens (primary N) is 1. The van der Waals surface area contributed by atoms with E-state index >= 15 is 0 Å². The van der Waals surface area contributed by atoms with Gasteiger partial charge in [-0.25, -0.2) is 9.98 Å². The molecular weight excluding hydrogens is 288 g/mol. The highest BCUT2D eigenvalue weighted by atomic mass is 19.4. The van der Waals surface area contributed by atoms with Crippen LogP contribution in [0.3, 0.4) is 0 Å². The molecule has 1 heterocycles.